The van der Waals surface area contributed by atoms with Crippen molar-refractivity contribution in [3.05, 3.63) is 58.1 Å². The van der Waals surface area contributed by atoms with Crippen LogP contribution in [0, 0.1) is 12.8 Å². The van der Waals surface area contributed by atoms with Gasteiger partial charge < -0.3 is 10.1 Å². The largest absolute Gasteiger partial charge is 0.493 e. The highest BCUT2D eigenvalue weighted by atomic mass is 79.9. The van der Waals surface area contributed by atoms with Crippen molar-refractivity contribution in [2.75, 3.05) is 11.9 Å². The Hall–Kier alpha value is -1.48. The van der Waals surface area contributed by atoms with Crippen LogP contribution in [-0.4, -0.2) is 6.61 Å². The second-order valence-electron chi connectivity index (χ2n) is 5.67. The van der Waals surface area contributed by atoms with Crippen molar-refractivity contribution in [3.63, 3.8) is 0 Å². The monoisotopic (exact) mass is 347 g/mol. The molecule has 0 aromatic heterocycles. The third-order valence-electron chi connectivity index (χ3n) is 3.14. The second-order valence-corrected chi connectivity index (χ2v) is 6.52. The number of hydrogen-bond acceptors (Lipinski definition) is 2. The van der Waals surface area contributed by atoms with Crippen molar-refractivity contribution in [2.45, 2.75) is 27.3 Å². The molecule has 0 heterocycles. The standard InChI is InChI=1S/C18H22BrNO/c1-13(2)12-21-17-6-4-5-16(10-17)20-11-15-7-8-18(19)14(3)9-15/h4-10,13,20H,11-12H2,1-3H3. The molecule has 1 N–H and O–H groups in total. The molecule has 0 aliphatic heterocycles. The summed E-state index contributed by atoms with van der Waals surface area (Å²) in [7, 11) is 0. The average molecular weight is 348 g/mol. The summed E-state index contributed by atoms with van der Waals surface area (Å²) in [6.45, 7) is 7.96. The zero-order valence-corrected chi connectivity index (χ0v) is 14.4. The minimum absolute atomic E-state index is 0.535. The summed E-state index contributed by atoms with van der Waals surface area (Å²) in [5.41, 5.74) is 3.60. The van der Waals surface area contributed by atoms with E-state index < -0.39 is 0 Å². The highest BCUT2D eigenvalue weighted by Crippen LogP contribution is 2.20. The van der Waals surface area contributed by atoms with Gasteiger partial charge in [0.1, 0.15) is 5.75 Å². The number of aryl methyl sites for hydroxylation is 1. The van der Waals surface area contributed by atoms with Crippen LogP contribution in [-0.2, 0) is 6.54 Å². The first-order chi connectivity index (χ1) is 10.0. The number of benzene rings is 2. The topological polar surface area (TPSA) is 21.3 Å². The SMILES string of the molecule is Cc1cc(CNc2cccc(OCC(C)C)c2)ccc1Br. The van der Waals surface area contributed by atoms with Crippen molar-refractivity contribution in [3.8, 4) is 5.75 Å². The van der Waals surface area contributed by atoms with E-state index in [0.717, 1.165) is 29.1 Å². The zero-order valence-electron chi connectivity index (χ0n) is 12.8. The summed E-state index contributed by atoms with van der Waals surface area (Å²) in [6.07, 6.45) is 0. The van der Waals surface area contributed by atoms with Gasteiger partial charge in [-0.25, -0.2) is 0 Å². The van der Waals surface area contributed by atoms with Gasteiger partial charge in [0.15, 0.2) is 0 Å². The van der Waals surface area contributed by atoms with Crippen LogP contribution in [0.4, 0.5) is 5.69 Å². The molecule has 0 amide bonds. The van der Waals surface area contributed by atoms with E-state index >= 15 is 0 Å². The Balaban J connectivity index is 1.96. The molecule has 0 atom stereocenters. The van der Waals surface area contributed by atoms with E-state index in [9.17, 15) is 0 Å². The molecule has 0 aliphatic carbocycles. The summed E-state index contributed by atoms with van der Waals surface area (Å²) in [4.78, 5) is 0. The molecule has 0 saturated heterocycles. The highest BCUT2D eigenvalue weighted by Gasteiger charge is 2.01. The fraction of sp³-hybridized carbons (Fsp3) is 0.333. The molecular formula is C18H22BrNO. The Bertz CT molecular complexity index is 596. The normalized spacial score (nSPS) is 10.7. The van der Waals surface area contributed by atoms with Crippen LogP contribution in [0.1, 0.15) is 25.0 Å². The molecule has 0 aliphatic rings. The maximum atomic E-state index is 5.75. The predicted octanol–water partition coefficient (Wildman–Crippen LogP) is 5.40. The molecule has 0 bridgehead atoms. The Kier molecular flexibility index (Phi) is 5.68. The summed E-state index contributed by atoms with van der Waals surface area (Å²) in [5, 5.41) is 3.44. The number of ether oxygens (including phenoxy) is 1. The Morgan fingerprint density at radius 3 is 2.67 bits per heavy atom. The molecule has 0 saturated carbocycles. The highest BCUT2D eigenvalue weighted by molar-refractivity contribution is 9.10. The van der Waals surface area contributed by atoms with Crippen molar-refractivity contribution in [1.29, 1.82) is 0 Å². The number of anilines is 1. The van der Waals surface area contributed by atoms with Crippen molar-refractivity contribution in [2.24, 2.45) is 5.92 Å². The Morgan fingerprint density at radius 2 is 1.95 bits per heavy atom. The van der Waals surface area contributed by atoms with Gasteiger partial charge in [0, 0.05) is 22.8 Å². The minimum Gasteiger partial charge on any atom is -0.493 e. The van der Waals surface area contributed by atoms with Crippen molar-refractivity contribution >= 4 is 21.6 Å². The fourth-order valence-electron chi connectivity index (χ4n) is 1.98. The van der Waals surface area contributed by atoms with E-state index in [1.807, 2.05) is 18.2 Å². The quantitative estimate of drug-likeness (QED) is 0.754. The number of hydrogen-bond donors (Lipinski definition) is 1. The lowest BCUT2D eigenvalue weighted by Gasteiger charge is -2.12. The van der Waals surface area contributed by atoms with Crippen LogP contribution in [0.2, 0.25) is 0 Å². The first-order valence-corrected chi connectivity index (χ1v) is 8.05. The lowest BCUT2D eigenvalue weighted by Crippen LogP contribution is -2.05. The number of halogens is 1. The lowest BCUT2D eigenvalue weighted by atomic mass is 10.1. The van der Waals surface area contributed by atoms with Gasteiger partial charge in [0.2, 0.25) is 0 Å². The van der Waals surface area contributed by atoms with Crippen LogP contribution in [0.25, 0.3) is 0 Å². The van der Waals surface area contributed by atoms with Gasteiger partial charge in [0.05, 0.1) is 6.61 Å². The molecule has 0 fully saturated rings. The molecule has 21 heavy (non-hydrogen) atoms. The Morgan fingerprint density at radius 1 is 1.14 bits per heavy atom. The van der Waals surface area contributed by atoms with Crippen molar-refractivity contribution < 1.29 is 4.74 Å². The fourth-order valence-corrected chi connectivity index (χ4v) is 2.23. The zero-order chi connectivity index (χ0) is 15.2. The third kappa shape index (κ3) is 5.09. The van der Waals surface area contributed by atoms with E-state index in [0.29, 0.717) is 5.92 Å². The van der Waals surface area contributed by atoms with E-state index in [2.05, 4.69) is 66.3 Å². The smallest absolute Gasteiger partial charge is 0.121 e. The van der Waals surface area contributed by atoms with Crippen LogP contribution < -0.4 is 10.1 Å². The molecule has 2 nitrogen and oxygen atoms in total. The molecule has 0 spiro atoms. The summed E-state index contributed by atoms with van der Waals surface area (Å²) in [6, 6.07) is 14.5. The van der Waals surface area contributed by atoms with Crippen molar-refractivity contribution in [1.82, 2.24) is 0 Å². The molecule has 112 valence electrons. The number of nitrogens with one attached hydrogen (secondary N) is 1. The van der Waals surface area contributed by atoms with Gasteiger partial charge in [0.25, 0.3) is 0 Å². The van der Waals surface area contributed by atoms with E-state index in [4.69, 9.17) is 4.74 Å². The van der Waals surface area contributed by atoms with Gasteiger partial charge in [-0.3, -0.25) is 0 Å². The van der Waals surface area contributed by atoms with E-state index in [-0.39, 0.29) is 0 Å². The van der Waals surface area contributed by atoms with Crippen LogP contribution in [0.3, 0.4) is 0 Å². The van der Waals surface area contributed by atoms with Gasteiger partial charge >= 0.3 is 0 Å². The van der Waals surface area contributed by atoms with Crippen LogP contribution >= 0.6 is 15.9 Å². The number of rotatable bonds is 6. The average Bonchev–Trinajstić information content (AvgIpc) is 2.47. The van der Waals surface area contributed by atoms with Gasteiger partial charge in [-0.1, -0.05) is 48.0 Å². The molecule has 0 radical (unpaired) electrons. The van der Waals surface area contributed by atoms with Crippen LogP contribution in [0.5, 0.6) is 5.75 Å². The molecule has 3 heteroatoms. The first-order valence-electron chi connectivity index (χ1n) is 7.26. The second kappa shape index (κ2) is 7.51. The molecule has 2 aromatic rings. The van der Waals surface area contributed by atoms with Gasteiger partial charge in [-0.05, 0) is 42.2 Å². The summed E-state index contributed by atoms with van der Waals surface area (Å²) < 4.78 is 6.90. The van der Waals surface area contributed by atoms with Crippen LogP contribution in [0.15, 0.2) is 46.9 Å². The summed E-state index contributed by atoms with van der Waals surface area (Å²) >= 11 is 3.53. The third-order valence-corrected chi connectivity index (χ3v) is 4.03. The lowest BCUT2D eigenvalue weighted by molar-refractivity contribution is 0.271. The molecule has 0 unspecified atom stereocenters. The maximum Gasteiger partial charge on any atom is 0.121 e. The van der Waals surface area contributed by atoms with E-state index in [1.54, 1.807) is 0 Å². The maximum absolute atomic E-state index is 5.75. The van der Waals surface area contributed by atoms with E-state index in [1.165, 1.54) is 11.1 Å². The first kappa shape index (κ1) is 15.9. The van der Waals surface area contributed by atoms with Gasteiger partial charge in [-0.15, -0.1) is 0 Å². The molecule has 2 aromatic carbocycles. The van der Waals surface area contributed by atoms with Gasteiger partial charge in [-0.2, -0.15) is 0 Å². The molecule has 2 rings (SSSR count). The Labute approximate surface area is 135 Å². The minimum atomic E-state index is 0.535. The summed E-state index contributed by atoms with van der Waals surface area (Å²) in [5.74, 6) is 1.45. The predicted molar refractivity (Wildman–Crippen MR) is 93.0 cm³/mol. The molecular weight excluding hydrogens is 326 g/mol.